The molecule has 1 aliphatic carbocycles. The third kappa shape index (κ3) is 3.42. The van der Waals surface area contributed by atoms with Gasteiger partial charge in [-0.05, 0) is 42.9 Å². The van der Waals surface area contributed by atoms with Crippen molar-refractivity contribution in [1.29, 1.82) is 0 Å². The summed E-state index contributed by atoms with van der Waals surface area (Å²) in [6.07, 6.45) is 7.73. The van der Waals surface area contributed by atoms with Crippen molar-refractivity contribution in [3.05, 3.63) is 11.6 Å². The molecule has 0 aromatic rings. The van der Waals surface area contributed by atoms with Gasteiger partial charge in [0, 0.05) is 12.8 Å². The molecule has 0 bridgehead atoms. The minimum absolute atomic E-state index is 0.526. The van der Waals surface area contributed by atoms with Crippen molar-refractivity contribution in [2.75, 3.05) is 6.61 Å². The highest BCUT2D eigenvalue weighted by molar-refractivity contribution is 8.02. The van der Waals surface area contributed by atoms with Crippen molar-refractivity contribution in [1.82, 2.24) is 5.32 Å². The Kier molecular flexibility index (Phi) is 4.59. The first-order valence-electron chi connectivity index (χ1n) is 6.44. The first kappa shape index (κ1) is 12.3. The molecule has 1 heterocycles. The molecule has 1 N–H and O–H groups in total. The van der Waals surface area contributed by atoms with E-state index in [2.05, 4.69) is 30.8 Å². The molecular weight excluding hydrogens is 218 g/mol. The molecule has 1 saturated carbocycles. The number of hydrogen-bond acceptors (Lipinski definition) is 3. The van der Waals surface area contributed by atoms with E-state index in [1.165, 1.54) is 25.7 Å². The molecule has 0 spiro atoms. The van der Waals surface area contributed by atoms with Crippen LogP contribution >= 0.6 is 11.8 Å². The Morgan fingerprint density at radius 1 is 1.31 bits per heavy atom. The van der Waals surface area contributed by atoms with Crippen LogP contribution in [0, 0.1) is 11.8 Å². The summed E-state index contributed by atoms with van der Waals surface area (Å²) < 4.78 is 5.91. The van der Waals surface area contributed by atoms with Crippen LogP contribution in [0.15, 0.2) is 11.6 Å². The van der Waals surface area contributed by atoms with E-state index in [0.717, 1.165) is 12.5 Å². The lowest BCUT2D eigenvalue weighted by Gasteiger charge is -2.32. The van der Waals surface area contributed by atoms with Crippen LogP contribution in [0.2, 0.25) is 0 Å². The molecule has 16 heavy (non-hydrogen) atoms. The third-order valence-electron chi connectivity index (χ3n) is 3.37. The second-order valence-electron chi connectivity index (χ2n) is 5.29. The molecule has 0 saturated heterocycles. The topological polar surface area (TPSA) is 21.3 Å². The minimum atomic E-state index is 0.526. The highest BCUT2D eigenvalue weighted by atomic mass is 32.2. The Balaban J connectivity index is 1.66. The number of hydrogen-bond donors (Lipinski definition) is 1. The largest absolute Gasteiger partial charge is 0.378 e. The molecule has 2 nitrogen and oxygen atoms in total. The van der Waals surface area contributed by atoms with Crippen molar-refractivity contribution in [3.63, 3.8) is 0 Å². The molecule has 0 aromatic heterocycles. The molecule has 92 valence electrons. The average molecular weight is 241 g/mol. The van der Waals surface area contributed by atoms with Crippen LogP contribution in [0.4, 0.5) is 0 Å². The number of rotatable bonds is 4. The van der Waals surface area contributed by atoms with Gasteiger partial charge < -0.3 is 10.1 Å². The van der Waals surface area contributed by atoms with Crippen molar-refractivity contribution in [3.8, 4) is 0 Å². The van der Waals surface area contributed by atoms with Gasteiger partial charge in [0.25, 0.3) is 0 Å². The van der Waals surface area contributed by atoms with Crippen LogP contribution in [-0.4, -0.2) is 18.1 Å². The van der Waals surface area contributed by atoms with E-state index in [1.54, 1.807) is 0 Å². The van der Waals surface area contributed by atoms with Crippen molar-refractivity contribution >= 4 is 11.8 Å². The smallest absolute Gasteiger partial charge is 0.0786 e. The maximum absolute atomic E-state index is 5.91. The SMILES string of the molecule is CC(C)COC1CCC(C2NC=CS2)CC1. The summed E-state index contributed by atoms with van der Waals surface area (Å²) in [6, 6.07) is 0. The third-order valence-corrected chi connectivity index (χ3v) is 4.47. The Morgan fingerprint density at radius 2 is 2.06 bits per heavy atom. The lowest BCUT2D eigenvalue weighted by Crippen LogP contribution is -2.32. The summed E-state index contributed by atoms with van der Waals surface area (Å²) in [5.41, 5.74) is 0. The van der Waals surface area contributed by atoms with Gasteiger partial charge in [-0.15, -0.1) is 11.8 Å². The van der Waals surface area contributed by atoms with Crippen LogP contribution in [-0.2, 0) is 4.74 Å². The molecule has 1 atom stereocenters. The minimum Gasteiger partial charge on any atom is -0.378 e. The summed E-state index contributed by atoms with van der Waals surface area (Å²) in [4.78, 5) is 0. The number of nitrogens with one attached hydrogen (secondary N) is 1. The summed E-state index contributed by atoms with van der Waals surface area (Å²) >= 11 is 1.94. The standard InChI is InChI=1S/C13H23NOS/c1-10(2)9-15-12-5-3-11(4-6-12)13-14-7-8-16-13/h7-8,10-14H,3-6,9H2,1-2H3. The summed E-state index contributed by atoms with van der Waals surface area (Å²) in [6.45, 7) is 5.36. The zero-order chi connectivity index (χ0) is 11.4. The fraction of sp³-hybridized carbons (Fsp3) is 0.846. The van der Waals surface area contributed by atoms with Crippen LogP contribution in [0.25, 0.3) is 0 Å². The molecule has 0 aromatic carbocycles. The molecule has 2 rings (SSSR count). The van der Waals surface area contributed by atoms with Crippen LogP contribution in [0.5, 0.6) is 0 Å². The van der Waals surface area contributed by atoms with E-state index in [1.807, 2.05) is 11.8 Å². The molecule has 1 fully saturated rings. The number of thioether (sulfide) groups is 1. The van der Waals surface area contributed by atoms with Crippen molar-refractivity contribution < 1.29 is 4.74 Å². The lowest BCUT2D eigenvalue weighted by atomic mass is 9.87. The molecular formula is C13H23NOS. The molecule has 1 unspecified atom stereocenters. The quantitative estimate of drug-likeness (QED) is 0.815. The molecule has 0 radical (unpaired) electrons. The molecule has 3 heteroatoms. The van der Waals surface area contributed by atoms with Gasteiger partial charge in [0.05, 0.1) is 11.5 Å². The van der Waals surface area contributed by atoms with Crippen LogP contribution in [0.3, 0.4) is 0 Å². The molecule has 0 amide bonds. The zero-order valence-electron chi connectivity index (χ0n) is 10.3. The maximum Gasteiger partial charge on any atom is 0.0786 e. The van der Waals surface area contributed by atoms with Gasteiger partial charge in [0.15, 0.2) is 0 Å². The normalized spacial score (nSPS) is 34.3. The zero-order valence-corrected chi connectivity index (χ0v) is 11.1. The monoisotopic (exact) mass is 241 g/mol. The van der Waals surface area contributed by atoms with E-state index >= 15 is 0 Å². The first-order valence-corrected chi connectivity index (χ1v) is 7.38. The van der Waals surface area contributed by atoms with Gasteiger partial charge in [-0.2, -0.15) is 0 Å². The molecule has 1 aliphatic heterocycles. The van der Waals surface area contributed by atoms with Crippen LogP contribution in [0.1, 0.15) is 39.5 Å². The van der Waals surface area contributed by atoms with Gasteiger partial charge in [0.1, 0.15) is 0 Å². The highest BCUT2D eigenvalue weighted by Gasteiger charge is 2.28. The van der Waals surface area contributed by atoms with Gasteiger partial charge in [-0.25, -0.2) is 0 Å². The van der Waals surface area contributed by atoms with Crippen LogP contribution < -0.4 is 5.32 Å². The van der Waals surface area contributed by atoms with Gasteiger partial charge in [-0.3, -0.25) is 0 Å². The summed E-state index contributed by atoms with van der Waals surface area (Å²) in [5, 5.41) is 6.24. The predicted octanol–water partition coefficient (Wildman–Crippen LogP) is 3.35. The second-order valence-corrected chi connectivity index (χ2v) is 6.34. The van der Waals surface area contributed by atoms with E-state index < -0.39 is 0 Å². The highest BCUT2D eigenvalue weighted by Crippen LogP contribution is 2.34. The van der Waals surface area contributed by atoms with Gasteiger partial charge >= 0.3 is 0 Å². The van der Waals surface area contributed by atoms with E-state index in [-0.39, 0.29) is 0 Å². The Labute approximate surface area is 103 Å². The fourth-order valence-electron chi connectivity index (χ4n) is 2.43. The second kappa shape index (κ2) is 5.97. The van der Waals surface area contributed by atoms with E-state index in [9.17, 15) is 0 Å². The summed E-state index contributed by atoms with van der Waals surface area (Å²) in [7, 11) is 0. The van der Waals surface area contributed by atoms with Gasteiger partial charge in [-0.1, -0.05) is 13.8 Å². The Bertz CT molecular complexity index is 226. The first-order chi connectivity index (χ1) is 7.75. The lowest BCUT2D eigenvalue weighted by molar-refractivity contribution is 0.00409. The van der Waals surface area contributed by atoms with E-state index in [4.69, 9.17) is 4.74 Å². The maximum atomic E-state index is 5.91. The van der Waals surface area contributed by atoms with Gasteiger partial charge in [0.2, 0.25) is 0 Å². The predicted molar refractivity (Wildman–Crippen MR) is 70.2 cm³/mol. The Morgan fingerprint density at radius 3 is 2.62 bits per heavy atom. The fourth-order valence-corrected chi connectivity index (χ4v) is 3.41. The average Bonchev–Trinajstić information content (AvgIpc) is 2.80. The van der Waals surface area contributed by atoms with E-state index in [0.29, 0.717) is 17.4 Å². The Hall–Kier alpha value is -0.150. The van der Waals surface area contributed by atoms with Crippen molar-refractivity contribution in [2.24, 2.45) is 11.8 Å². The van der Waals surface area contributed by atoms with Crippen molar-refractivity contribution in [2.45, 2.75) is 51.0 Å². The molecule has 2 aliphatic rings. The summed E-state index contributed by atoms with van der Waals surface area (Å²) in [5.74, 6) is 1.49. The number of ether oxygens (including phenoxy) is 1.